The number of carbonyl (C=O) groups is 3. The van der Waals surface area contributed by atoms with Gasteiger partial charge in [0.2, 0.25) is 5.91 Å². The van der Waals surface area contributed by atoms with Crippen molar-refractivity contribution in [3.63, 3.8) is 0 Å². The number of unbranched alkanes of at least 4 members (excludes halogenated alkanes) is 3. The monoisotopic (exact) mass is 351 g/mol. The van der Waals surface area contributed by atoms with E-state index in [2.05, 4.69) is 24.5 Å². The lowest BCUT2D eigenvalue weighted by molar-refractivity contribution is -0.135. The molecule has 1 heterocycles. The molecule has 0 bridgehead atoms. The van der Waals surface area contributed by atoms with Crippen molar-refractivity contribution in [3.8, 4) is 0 Å². The average molecular weight is 351 g/mol. The highest BCUT2D eigenvalue weighted by atomic mass is 16.2. The van der Waals surface area contributed by atoms with Crippen LogP contribution in [-0.4, -0.2) is 40.9 Å². The summed E-state index contributed by atoms with van der Waals surface area (Å²) in [6.45, 7) is 5.95. The molecule has 0 aromatic heterocycles. The minimum atomic E-state index is -0.870. The van der Waals surface area contributed by atoms with Crippen molar-refractivity contribution in [2.24, 2.45) is 5.92 Å². The number of hydrogen-bond donors (Lipinski definition) is 2. The third-order valence-electron chi connectivity index (χ3n) is 5.56. The zero-order valence-corrected chi connectivity index (χ0v) is 15.9. The van der Waals surface area contributed by atoms with Crippen molar-refractivity contribution in [2.45, 2.75) is 90.1 Å². The van der Waals surface area contributed by atoms with Crippen LogP contribution < -0.4 is 10.6 Å². The molecule has 2 aliphatic rings. The molecule has 1 atom stereocenters. The van der Waals surface area contributed by atoms with E-state index in [4.69, 9.17) is 0 Å². The van der Waals surface area contributed by atoms with E-state index in [0.29, 0.717) is 12.3 Å². The molecule has 6 heteroatoms. The number of rotatable bonds is 8. The summed E-state index contributed by atoms with van der Waals surface area (Å²) >= 11 is 0. The fourth-order valence-corrected chi connectivity index (χ4v) is 3.79. The van der Waals surface area contributed by atoms with Gasteiger partial charge in [-0.3, -0.25) is 14.5 Å². The normalized spacial score (nSPS) is 29.6. The molecule has 0 spiro atoms. The molecule has 25 heavy (non-hydrogen) atoms. The minimum absolute atomic E-state index is 0.171. The van der Waals surface area contributed by atoms with Crippen LogP contribution in [-0.2, 0) is 9.59 Å². The van der Waals surface area contributed by atoms with Crippen molar-refractivity contribution >= 4 is 17.8 Å². The first-order chi connectivity index (χ1) is 11.9. The second-order valence-corrected chi connectivity index (χ2v) is 7.99. The van der Waals surface area contributed by atoms with Gasteiger partial charge in [0, 0.05) is 6.04 Å². The van der Waals surface area contributed by atoms with Crippen LogP contribution in [0.4, 0.5) is 4.79 Å². The highest BCUT2D eigenvalue weighted by Gasteiger charge is 2.47. The van der Waals surface area contributed by atoms with Gasteiger partial charge >= 0.3 is 6.03 Å². The number of imide groups is 1. The predicted octanol–water partition coefficient (Wildman–Crippen LogP) is 2.96. The minimum Gasteiger partial charge on any atom is -0.352 e. The van der Waals surface area contributed by atoms with Crippen molar-refractivity contribution in [2.75, 3.05) is 6.54 Å². The van der Waals surface area contributed by atoms with Gasteiger partial charge in [-0.05, 0) is 44.9 Å². The summed E-state index contributed by atoms with van der Waals surface area (Å²) in [7, 11) is 0. The van der Waals surface area contributed by atoms with Crippen LogP contribution in [0.1, 0.15) is 78.6 Å². The van der Waals surface area contributed by atoms with Gasteiger partial charge in [0.05, 0.1) is 0 Å². The zero-order chi connectivity index (χ0) is 18.4. The van der Waals surface area contributed by atoms with E-state index in [0.717, 1.165) is 56.3 Å². The molecule has 0 aromatic carbocycles. The van der Waals surface area contributed by atoms with Gasteiger partial charge in [-0.1, -0.05) is 39.5 Å². The maximum atomic E-state index is 12.6. The number of urea groups is 1. The molecule has 6 nitrogen and oxygen atoms in total. The number of hydrogen-bond acceptors (Lipinski definition) is 3. The van der Waals surface area contributed by atoms with Gasteiger partial charge < -0.3 is 10.6 Å². The second-order valence-electron chi connectivity index (χ2n) is 7.99. The van der Waals surface area contributed by atoms with E-state index in [1.165, 1.54) is 0 Å². The van der Waals surface area contributed by atoms with Crippen LogP contribution in [0, 0.1) is 5.92 Å². The van der Waals surface area contributed by atoms with Crippen molar-refractivity contribution in [1.29, 1.82) is 0 Å². The summed E-state index contributed by atoms with van der Waals surface area (Å²) in [6, 6.07) is -0.277. The summed E-state index contributed by atoms with van der Waals surface area (Å²) in [5.41, 5.74) is -0.870. The molecule has 0 aromatic rings. The first-order valence-corrected chi connectivity index (χ1v) is 9.79. The molecule has 1 aliphatic carbocycles. The Morgan fingerprint density at radius 2 is 1.88 bits per heavy atom. The highest BCUT2D eigenvalue weighted by Crippen LogP contribution is 2.25. The lowest BCUT2D eigenvalue weighted by Crippen LogP contribution is -2.47. The maximum absolute atomic E-state index is 12.6. The Morgan fingerprint density at radius 3 is 2.52 bits per heavy atom. The summed E-state index contributed by atoms with van der Waals surface area (Å²) in [4.78, 5) is 38.1. The van der Waals surface area contributed by atoms with Gasteiger partial charge in [-0.15, -0.1) is 0 Å². The Kier molecular flexibility index (Phi) is 6.85. The Hall–Kier alpha value is -1.59. The highest BCUT2D eigenvalue weighted by molar-refractivity contribution is 6.08. The van der Waals surface area contributed by atoms with E-state index < -0.39 is 11.6 Å². The van der Waals surface area contributed by atoms with E-state index in [1.54, 1.807) is 6.92 Å². The SMILES string of the molecule is CCCCCCC1(C)NC(=O)N(CC(=O)NC2CCC(C)CC2)C1=O. The fourth-order valence-electron chi connectivity index (χ4n) is 3.79. The topological polar surface area (TPSA) is 78.5 Å². The van der Waals surface area contributed by atoms with Crippen LogP contribution in [0.25, 0.3) is 0 Å². The standard InChI is InChI=1S/C19H33N3O3/c1-4-5-6-7-12-19(3)17(24)22(18(25)21-19)13-16(23)20-15-10-8-14(2)9-11-15/h14-15H,4-13H2,1-3H3,(H,20,23)(H,21,25). The second kappa shape index (κ2) is 8.68. The largest absolute Gasteiger partial charge is 0.352 e. The van der Waals surface area contributed by atoms with Gasteiger partial charge in [0.25, 0.3) is 5.91 Å². The number of nitrogens with one attached hydrogen (secondary N) is 2. The Bertz CT molecular complexity index is 500. The van der Waals surface area contributed by atoms with Crippen molar-refractivity contribution in [1.82, 2.24) is 15.5 Å². The van der Waals surface area contributed by atoms with Gasteiger partial charge in [-0.25, -0.2) is 4.79 Å². The summed E-state index contributed by atoms with van der Waals surface area (Å²) in [5.74, 6) is 0.201. The molecular weight excluding hydrogens is 318 g/mol. The summed E-state index contributed by atoms with van der Waals surface area (Å²) in [6.07, 6.45) is 9.01. The van der Waals surface area contributed by atoms with Crippen LogP contribution in [0.15, 0.2) is 0 Å². The quantitative estimate of drug-likeness (QED) is 0.521. The maximum Gasteiger partial charge on any atom is 0.325 e. The number of amides is 4. The van der Waals surface area contributed by atoms with E-state index in [9.17, 15) is 14.4 Å². The van der Waals surface area contributed by atoms with E-state index in [-0.39, 0.29) is 24.4 Å². The van der Waals surface area contributed by atoms with Crippen LogP contribution in [0.5, 0.6) is 0 Å². The molecular formula is C19H33N3O3. The fraction of sp³-hybridized carbons (Fsp3) is 0.842. The van der Waals surface area contributed by atoms with Gasteiger partial charge in [-0.2, -0.15) is 0 Å². The van der Waals surface area contributed by atoms with E-state index >= 15 is 0 Å². The third-order valence-corrected chi connectivity index (χ3v) is 5.56. The molecule has 2 N–H and O–H groups in total. The lowest BCUT2D eigenvalue weighted by atomic mass is 9.87. The van der Waals surface area contributed by atoms with Crippen LogP contribution >= 0.6 is 0 Å². The predicted molar refractivity (Wildman–Crippen MR) is 97.0 cm³/mol. The molecule has 4 amide bonds. The zero-order valence-electron chi connectivity index (χ0n) is 15.9. The molecule has 0 radical (unpaired) electrons. The number of nitrogens with zero attached hydrogens (tertiary/aromatic N) is 1. The Balaban J connectivity index is 1.83. The molecule has 1 unspecified atom stereocenters. The average Bonchev–Trinajstić information content (AvgIpc) is 2.77. The van der Waals surface area contributed by atoms with E-state index in [1.807, 2.05) is 0 Å². The van der Waals surface area contributed by atoms with Crippen LogP contribution in [0.3, 0.4) is 0 Å². The molecule has 1 saturated heterocycles. The number of carbonyl (C=O) groups excluding carboxylic acids is 3. The Labute approximate surface area is 151 Å². The van der Waals surface area contributed by atoms with Crippen LogP contribution in [0.2, 0.25) is 0 Å². The molecule has 1 aliphatic heterocycles. The first-order valence-electron chi connectivity index (χ1n) is 9.79. The van der Waals surface area contributed by atoms with Gasteiger partial charge in [0.1, 0.15) is 12.1 Å². The molecule has 2 fully saturated rings. The Morgan fingerprint density at radius 1 is 1.20 bits per heavy atom. The summed E-state index contributed by atoms with van der Waals surface area (Å²) in [5, 5.41) is 5.76. The first kappa shape index (κ1) is 19.7. The smallest absolute Gasteiger partial charge is 0.325 e. The third kappa shape index (κ3) is 5.19. The molecule has 142 valence electrons. The van der Waals surface area contributed by atoms with Gasteiger partial charge in [0.15, 0.2) is 0 Å². The van der Waals surface area contributed by atoms with Crippen molar-refractivity contribution < 1.29 is 14.4 Å². The molecule has 2 rings (SSSR count). The summed E-state index contributed by atoms with van der Waals surface area (Å²) < 4.78 is 0. The molecule has 1 saturated carbocycles. The lowest BCUT2D eigenvalue weighted by Gasteiger charge is -2.27. The van der Waals surface area contributed by atoms with Crippen molar-refractivity contribution in [3.05, 3.63) is 0 Å².